The smallest absolute Gasteiger partial charge is 0.216 e. The lowest BCUT2D eigenvalue weighted by Gasteiger charge is -2.18. The fourth-order valence-electron chi connectivity index (χ4n) is 1.85. The van der Waals surface area contributed by atoms with Gasteiger partial charge in [0.15, 0.2) is 0 Å². The second-order valence-corrected chi connectivity index (χ2v) is 4.39. The van der Waals surface area contributed by atoms with Crippen molar-refractivity contribution in [2.24, 2.45) is 0 Å². The van der Waals surface area contributed by atoms with Crippen LogP contribution in [-0.4, -0.2) is 42.9 Å². The van der Waals surface area contributed by atoms with Gasteiger partial charge in [0.1, 0.15) is 6.33 Å². The Balaban J connectivity index is 2.53. The molecule has 0 spiro atoms. The van der Waals surface area contributed by atoms with Crippen LogP contribution >= 0.6 is 0 Å². The predicted octanol–water partition coefficient (Wildman–Crippen LogP) is 1.82. The molecule has 0 radical (unpaired) electrons. The molecule has 0 saturated heterocycles. The Bertz CT molecular complexity index is 347. The van der Waals surface area contributed by atoms with E-state index in [9.17, 15) is 0 Å². The van der Waals surface area contributed by atoms with Crippen LogP contribution in [0.1, 0.15) is 32.4 Å². The van der Waals surface area contributed by atoms with Crippen molar-refractivity contribution in [1.29, 1.82) is 0 Å². The van der Waals surface area contributed by atoms with Gasteiger partial charge in [0.05, 0.1) is 7.11 Å². The number of ether oxygens (including phenoxy) is 2. The van der Waals surface area contributed by atoms with Gasteiger partial charge in [-0.2, -0.15) is 0 Å². The normalized spacial score (nSPS) is 12.4. The van der Waals surface area contributed by atoms with Crippen LogP contribution in [0.5, 0.6) is 5.88 Å². The molecular weight excluding hydrogens is 242 g/mol. The first-order chi connectivity index (χ1) is 9.30. The topological polar surface area (TPSA) is 56.3 Å². The summed E-state index contributed by atoms with van der Waals surface area (Å²) < 4.78 is 10.5. The lowest BCUT2D eigenvalue weighted by Crippen LogP contribution is -2.33. The van der Waals surface area contributed by atoms with Gasteiger partial charge < -0.3 is 14.8 Å². The van der Waals surface area contributed by atoms with Gasteiger partial charge in [0.2, 0.25) is 5.88 Å². The fraction of sp³-hybridized carbons (Fsp3) is 0.714. The van der Waals surface area contributed by atoms with Gasteiger partial charge in [0, 0.05) is 37.4 Å². The maximum Gasteiger partial charge on any atom is 0.216 e. The van der Waals surface area contributed by atoms with E-state index < -0.39 is 0 Å². The maximum absolute atomic E-state index is 5.43. The lowest BCUT2D eigenvalue weighted by atomic mass is 10.1. The van der Waals surface area contributed by atoms with Gasteiger partial charge >= 0.3 is 0 Å². The predicted molar refractivity (Wildman–Crippen MR) is 75.5 cm³/mol. The van der Waals surface area contributed by atoms with Crippen LogP contribution in [-0.2, 0) is 11.2 Å². The molecule has 1 unspecified atom stereocenters. The summed E-state index contributed by atoms with van der Waals surface area (Å²) in [4.78, 5) is 8.32. The third-order valence-corrected chi connectivity index (χ3v) is 2.86. The summed E-state index contributed by atoms with van der Waals surface area (Å²) in [5.74, 6) is 0.615. The van der Waals surface area contributed by atoms with Gasteiger partial charge in [-0.15, -0.1) is 0 Å². The van der Waals surface area contributed by atoms with E-state index in [0.29, 0.717) is 11.9 Å². The molecule has 0 aromatic carbocycles. The van der Waals surface area contributed by atoms with E-state index in [0.717, 1.165) is 44.7 Å². The molecule has 0 aliphatic carbocycles. The van der Waals surface area contributed by atoms with E-state index in [-0.39, 0.29) is 0 Å². The number of aromatic nitrogens is 2. The molecule has 5 nitrogen and oxygen atoms in total. The first kappa shape index (κ1) is 15.9. The Hall–Kier alpha value is -1.20. The van der Waals surface area contributed by atoms with E-state index in [1.165, 1.54) is 0 Å². The molecule has 1 rings (SSSR count). The van der Waals surface area contributed by atoms with Crippen LogP contribution in [0.2, 0.25) is 0 Å². The Morgan fingerprint density at radius 2 is 2.16 bits per heavy atom. The molecule has 0 bridgehead atoms. The van der Waals surface area contributed by atoms with Gasteiger partial charge in [-0.05, 0) is 26.3 Å². The Morgan fingerprint density at radius 1 is 1.32 bits per heavy atom. The summed E-state index contributed by atoms with van der Waals surface area (Å²) in [7, 11) is 1.62. The fourth-order valence-corrected chi connectivity index (χ4v) is 1.85. The molecule has 19 heavy (non-hydrogen) atoms. The molecule has 1 aromatic rings. The molecule has 0 aliphatic heterocycles. The second kappa shape index (κ2) is 9.69. The van der Waals surface area contributed by atoms with Crippen molar-refractivity contribution in [3.8, 4) is 5.88 Å². The summed E-state index contributed by atoms with van der Waals surface area (Å²) in [5.41, 5.74) is 0.997. The minimum atomic E-state index is 0.381. The Labute approximate surface area is 115 Å². The number of rotatable bonds is 10. The van der Waals surface area contributed by atoms with Crippen molar-refractivity contribution < 1.29 is 9.47 Å². The van der Waals surface area contributed by atoms with E-state index in [2.05, 4.69) is 22.2 Å². The first-order valence-corrected chi connectivity index (χ1v) is 6.96. The molecule has 1 atom stereocenters. The van der Waals surface area contributed by atoms with E-state index in [1.54, 1.807) is 13.4 Å². The number of hydrogen-bond donors (Lipinski definition) is 1. The van der Waals surface area contributed by atoms with Crippen LogP contribution in [0, 0.1) is 0 Å². The summed E-state index contributed by atoms with van der Waals surface area (Å²) in [6, 6.07) is 2.27. The minimum Gasteiger partial charge on any atom is -0.481 e. The third-order valence-electron chi connectivity index (χ3n) is 2.86. The zero-order valence-electron chi connectivity index (χ0n) is 12.2. The number of nitrogens with zero attached hydrogens (tertiary/aromatic N) is 2. The third kappa shape index (κ3) is 6.50. The SMILES string of the molecule is CCCNC(CCOCC)Cc1cc(OC)ncn1. The standard InChI is InChI=1S/C14H25N3O2/c1-4-7-15-12(6-8-19-5-2)9-13-10-14(18-3)17-11-16-13/h10-12,15H,4-9H2,1-3H3. The number of methoxy groups -OCH3 is 1. The van der Waals surface area contributed by atoms with Crippen LogP contribution in [0.4, 0.5) is 0 Å². The first-order valence-electron chi connectivity index (χ1n) is 6.96. The van der Waals surface area contributed by atoms with Crippen molar-refractivity contribution in [3.05, 3.63) is 18.1 Å². The maximum atomic E-state index is 5.43. The molecule has 0 aliphatic rings. The molecule has 0 amide bonds. The van der Waals surface area contributed by atoms with Crippen LogP contribution in [0.15, 0.2) is 12.4 Å². The van der Waals surface area contributed by atoms with Gasteiger partial charge in [0.25, 0.3) is 0 Å². The minimum absolute atomic E-state index is 0.381. The lowest BCUT2D eigenvalue weighted by molar-refractivity contribution is 0.136. The van der Waals surface area contributed by atoms with Crippen molar-refractivity contribution >= 4 is 0 Å². The molecule has 1 N–H and O–H groups in total. The second-order valence-electron chi connectivity index (χ2n) is 4.39. The van der Waals surface area contributed by atoms with Crippen LogP contribution in [0.3, 0.4) is 0 Å². The quantitative estimate of drug-likeness (QED) is 0.655. The molecular formula is C14H25N3O2. The zero-order chi connectivity index (χ0) is 13.9. The highest BCUT2D eigenvalue weighted by Gasteiger charge is 2.10. The van der Waals surface area contributed by atoms with E-state index in [4.69, 9.17) is 9.47 Å². The van der Waals surface area contributed by atoms with Crippen molar-refractivity contribution in [3.63, 3.8) is 0 Å². The van der Waals surface area contributed by atoms with Crippen molar-refractivity contribution in [2.75, 3.05) is 26.9 Å². The average molecular weight is 267 g/mol. The van der Waals surface area contributed by atoms with E-state index in [1.807, 2.05) is 13.0 Å². The average Bonchev–Trinajstić information content (AvgIpc) is 2.45. The highest BCUT2D eigenvalue weighted by atomic mass is 16.5. The molecule has 1 heterocycles. The zero-order valence-corrected chi connectivity index (χ0v) is 12.2. The van der Waals surface area contributed by atoms with E-state index >= 15 is 0 Å². The highest BCUT2D eigenvalue weighted by molar-refractivity contribution is 5.14. The van der Waals surface area contributed by atoms with Gasteiger partial charge in [-0.3, -0.25) is 0 Å². The van der Waals surface area contributed by atoms with Crippen molar-refractivity contribution in [1.82, 2.24) is 15.3 Å². The summed E-state index contributed by atoms with van der Waals surface area (Å²) >= 11 is 0. The number of hydrogen-bond acceptors (Lipinski definition) is 5. The molecule has 108 valence electrons. The number of nitrogens with one attached hydrogen (secondary N) is 1. The summed E-state index contributed by atoms with van der Waals surface area (Å²) in [6.45, 7) is 6.74. The molecule has 0 saturated carbocycles. The Kier molecular flexibility index (Phi) is 8.09. The summed E-state index contributed by atoms with van der Waals surface area (Å²) in [5, 5.41) is 3.53. The summed E-state index contributed by atoms with van der Waals surface area (Å²) in [6.07, 6.45) is 4.53. The van der Waals surface area contributed by atoms with Gasteiger partial charge in [-0.25, -0.2) is 9.97 Å². The molecule has 0 fully saturated rings. The molecule has 5 heteroatoms. The van der Waals surface area contributed by atoms with Gasteiger partial charge in [-0.1, -0.05) is 6.92 Å². The monoisotopic (exact) mass is 267 g/mol. The van der Waals surface area contributed by atoms with Crippen LogP contribution in [0.25, 0.3) is 0 Å². The highest BCUT2D eigenvalue weighted by Crippen LogP contribution is 2.09. The molecule has 1 aromatic heterocycles. The Morgan fingerprint density at radius 3 is 2.84 bits per heavy atom. The largest absolute Gasteiger partial charge is 0.481 e. The van der Waals surface area contributed by atoms with Crippen LogP contribution < -0.4 is 10.1 Å². The van der Waals surface area contributed by atoms with Crippen molar-refractivity contribution in [2.45, 2.75) is 39.2 Å².